The molecule has 0 fully saturated rings. The van der Waals surface area contributed by atoms with Crippen molar-refractivity contribution in [2.45, 2.75) is 0 Å². The van der Waals surface area contributed by atoms with E-state index in [2.05, 4.69) is 4.42 Å². The largest absolute Gasteiger partial charge is 0.470 e. The minimum atomic E-state index is -0.198. The van der Waals surface area contributed by atoms with Crippen molar-refractivity contribution in [2.24, 2.45) is 0 Å². The summed E-state index contributed by atoms with van der Waals surface area (Å²) in [6.45, 7) is 0. The molecule has 0 saturated carbocycles. The lowest BCUT2D eigenvalue weighted by molar-refractivity contribution is 0.551. The van der Waals surface area contributed by atoms with Crippen LogP contribution in [0.1, 0.15) is 0 Å². The predicted octanol–water partition coefficient (Wildman–Crippen LogP) is 0.222. The average molecular weight is 111 g/mol. The quantitative estimate of drug-likeness (QED) is 0.521. The maximum absolute atomic E-state index is 10.4. The van der Waals surface area contributed by atoms with Crippen LogP contribution in [0.5, 0.6) is 0 Å². The van der Waals surface area contributed by atoms with E-state index < -0.39 is 0 Å². The van der Waals surface area contributed by atoms with E-state index in [0.717, 1.165) is 0 Å². The summed E-state index contributed by atoms with van der Waals surface area (Å²) in [5.41, 5.74) is 5.06. The molecule has 0 atom stereocenters. The zero-order valence-corrected chi connectivity index (χ0v) is 4.13. The summed E-state index contributed by atoms with van der Waals surface area (Å²) in [7, 11) is 0. The van der Waals surface area contributed by atoms with Crippen LogP contribution in [0.2, 0.25) is 0 Å². The second-order valence-corrected chi connectivity index (χ2v) is 1.38. The third kappa shape index (κ3) is 0.703. The summed E-state index contributed by atoms with van der Waals surface area (Å²) < 4.78 is 4.56. The average Bonchev–Trinajstić information content (AvgIpc) is 1.77. The van der Waals surface area contributed by atoms with Crippen molar-refractivity contribution in [3.05, 3.63) is 28.8 Å². The fraction of sp³-hybridized carbons (Fsp3) is 0. The Morgan fingerprint density at radius 2 is 2.38 bits per heavy atom. The van der Waals surface area contributed by atoms with E-state index in [0.29, 0.717) is 0 Å². The van der Waals surface area contributed by atoms with E-state index in [9.17, 15) is 4.79 Å². The third-order valence-electron chi connectivity index (χ3n) is 0.778. The van der Waals surface area contributed by atoms with Crippen LogP contribution in [0.3, 0.4) is 0 Å². The van der Waals surface area contributed by atoms with Crippen molar-refractivity contribution in [3.8, 4) is 0 Å². The van der Waals surface area contributed by atoms with Gasteiger partial charge in [0.15, 0.2) is 0 Å². The zero-order valence-electron chi connectivity index (χ0n) is 4.13. The molecule has 0 saturated heterocycles. The molecule has 0 bridgehead atoms. The van der Waals surface area contributed by atoms with Crippen LogP contribution in [0, 0.1) is 0 Å². The molecule has 3 heteroatoms. The van der Waals surface area contributed by atoms with E-state index in [4.69, 9.17) is 5.73 Å². The molecule has 0 aromatic carbocycles. The first-order valence-corrected chi connectivity index (χ1v) is 2.12. The van der Waals surface area contributed by atoms with Gasteiger partial charge in [0.25, 0.3) is 0 Å². The highest BCUT2D eigenvalue weighted by Gasteiger charge is 1.86. The van der Waals surface area contributed by atoms with Gasteiger partial charge in [0, 0.05) is 6.07 Å². The molecule has 1 rings (SSSR count). The van der Waals surface area contributed by atoms with Gasteiger partial charge in [-0.2, -0.15) is 0 Å². The van der Waals surface area contributed by atoms with Gasteiger partial charge in [-0.05, 0) is 0 Å². The van der Waals surface area contributed by atoms with Gasteiger partial charge in [-0.3, -0.25) is 4.79 Å². The van der Waals surface area contributed by atoms with Crippen LogP contribution in [0.25, 0.3) is 0 Å². The Morgan fingerprint density at radius 3 is 2.75 bits per heavy atom. The number of hydrogen-bond acceptors (Lipinski definition) is 3. The first-order valence-electron chi connectivity index (χ1n) is 2.12. The predicted molar refractivity (Wildman–Crippen MR) is 29.4 cm³/mol. The molecular formula is C5H5NO2. The van der Waals surface area contributed by atoms with Crippen molar-refractivity contribution in [3.63, 3.8) is 0 Å². The van der Waals surface area contributed by atoms with Crippen LogP contribution in [0.15, 0.2) is 27.8 Å². The van der Waals surface area contributed by atoms with E-state index in [1.54, 1.807) is 0 Å². The number of nitrogens with two attached hydrogens (primary N) is 1. The van der Waals surface area contributed by atoms with E-state index >= 15 is 0 Å². The standard InChI is InChI=1S/C5H5NO2/c6-4-3-8-2-1-5(4)7/h1-3H,6H2. The van der Waals surface area contributed by atoms with Crippen LogP contribution in [0.4, 0.5) is 5.69 Å². The summed E-state index contributed by atoms with van der Waals surface area (Å²) in [4.78, 5) is 10.4. The van der Waals surface area contributed by atoms with Crippen LogP contribution >= 0.6 is 0 Å². The number of anilines is 1. The molecule has 0 radical (unpaired) electrons. The van der Waals surface area contributed by atoms with Crippen molar-refractivity contribution < 1.29 is 4.42 Å². The fourth-order valence-electron chi connectivity index (χ4n) is 0.368. The summed E-state index contributed by atoms with van der Waals surface area (Å²) in [6.07, 6.45) is 2.50. The molecule has 0 aliphatic rings. The molecule has 0 spiro atoms. The molecule has 8 heavy (non-hydrogen) atoms. The third-order valence-corrected chi connectivity index (χ3v) is 0.778. The highest BCUT2D eigenvalue weighted by Crippen LogP contribution is 1.87. The van der Waals surface area contributed by atoms with Gasteiger partial charge >= 0.3 is 0 Å². The molecule has 0 aliphatic carbocycles. The number of nitrogen functional groups attached to an aromatic ring is 1. The van der Waals surface area contributed by atoms with Gasteiger partial charge in [-0.25, -0.2) is 0 Å². The molecular weight excluding hydrogens is 106 g/mol. The molecule has 3 nitrogen and oxygen atoms in total. The lowest BCUT2D eigenvalue weighted by atomic mass is 10.4. The minimum absolute atomic E-state index is 0.146. The normalized spacial score (nSPS) is 9.00. The summed E-state index contributed by atoms with van der Waals surface area (Å²) in [5, 5.41) is 0. The first-order chi connectivity index (χ1) is 3.80. The maximum Gasteiger partial charge on any atom is 0.207 e. The van der Waals surface area contributed by atoms with E-state index in [1.165, 1.54) is 18.6 Å². The van der Waals surface area contributed by atoms with E-state index in [-0.39, 0.29) is 11.1 Å². The van der Waals surface area contributed by atoms with Gasteiger partial charge in [0.05, 0.1) is 6.26 Å². The first kappa shape index (κ1) is 4.90. The lowest BCUT2D eigenvalue weighted by Gasteiger charge is -1.83. The highest BCUT2D eigenvalue weighted by atomic mass is 16.3. The second kappa shape index (κ2) is 1.69. The molecule has 2 N–H and O–H groups in total. The van der Waals surface area contributed by atoms with Crippen molar-refractivity contribution in [1.29, 1.82) is 0 Å². The van der Waals surface area contributed by atoms with Gasteiger partial charge in [-0.15, -0.1) is 0 Å². The molecule has 1 aromatic rings. The van der Waals surface area contributed by atoms with Crippen molar-refractivity contribution in [2.75, 3.05) is 5.73 Å². The highest BCUT2D eigenvalue weighted by molar-refractivity contribution is 5.31. The Morgan fingerprint density at radius 1 is 1.62 bits per heavy atom. The monoisotopic (exact) mass is 111 g/mol. The minimum Gasteiger partial charge on any atom is -0.470 e. The Balaban J connectivity index is 3.35. The smallest absolute Gasteiger partial charge is 0.207 e. The molecule has 0 unspecified atom stereocenters. The second-order valence-electron chi connectivity index (χ2n) is 1.38. The van der Waals surface area contributed by atoms with E-state index in [1.807, 2.05) is 0 Å². The lowest BCUT2D eigenvalue weighted by Crippen LogP contribution is -2.03. The van der Waals surface area contributed by atoms with Crippen LogP contribution in [-0.4, -0.2) is 0 Å². The molecule has 42 valence electrons. The summed E-state index contributed by atoms with van der Waals surface area (Å²) in [5.74, 6) is 0. The van der Waals surface area contributed by atoms with Crippen molar-refractivity contribution >= 4 is 5.69 Å². The van der Waals surface area contributed by atoms with Gasteiger partial charge in [-0.1, -0.05) is 0 Å². The Kier molecular flexibility index (Phi) is 1.04. The van der Waals surface area contributed by atoms with Gasteiger partial charge in [0.1, 0.15) is 12.0 Å². The summed E-state index contributed by atoms with van der Waals surface area (Å²) in [6, 6.07) is 1.27. The van der Waals surface area contributed by atoms with Gasteiger partial charge in [0.2, 0.25) is 5.43 Å². The zero-order chi connectivity index (χ0) is 5.98. The van der Waals surface area contributed by atoms with Crippen molar-refractivity contribution in [1.82, 2.24) is 0 Å². The molecule has 1 heterocycles. The fourth-order valence-corrected chi connectivity index (χ4v) is 0.368. The SMILES string of the molecule is Nc1coccc1=O. The molecule has 0 aliphatic heterocycles. The van der Waals surface area contributed by atoms with Gasteiger partial charge < -0.3 is 10.2 Å². The Labute approximate surface area is 45.7 Å². The Bertz CT molecular complexity index is 228. The molecule has 0 amide bonds. The molecule has 1 aromatic heterocycles. The number of hydrogen-bond donors (Lipinski definition) is 1. The Hall–Kier alpha value is -1.25. The topological polar surface area (TPSA) is 56.2 Å². The summed E-state index contributed by atoms with van der Waals surface area (Å²) >= 11 is 0. The van der Waals surface area contributed by atoms with Crippen LogP contribution in [-0.2, 0) is 0 Å². The maximum atomic E-state index is 10.4. The van der Waals surface area contributed by atoms with Crippen LogP contribution < -0.4 is 11.2 Å². The number of rotatable bonds is 0.